The maximum Gasteiger partial charge on any atom is 0.146 e. The second kappa shape index (κ2) is 5.77. The number of rotatable bonds is 6. The molecule has 0 amide bonds. The van der Waals surface area contributed by atoms with E-state index in [0.29, 0.717) is 6.54 Å². The topological polar surface area (TPSA) is 74.6 Å². The minimum Gasteiger partial charge on any atom is -0.327 e. The summed E-state index contributed by atoms with van der Waals surface area (Å²) in [4.78, 5) is 8.64. The van der Waals surface area contributed by atoms with Crippen molar-refractivity contribution in [3.63, 3.8) is 0 Å². The van der Waals surface area contributed by atoms with Gasteiger partial charge in [-0.2, -0.15) is 5.10 Å². The summed E-state index contributed by atoms with van der Waals surface area (Å²) in [6.07, 6.45) is 7.12. The van der Waals surface area contributed by atoms with Crippen molar-refractivity contribution >= 4 is 0 Å². The summed E-state index contributed by atoms with van der Waals surface area (Å²) in [7, 11) is 0. The van der Waals surface area contributed by atoms with Gasteiger partial charge in [0.25, 0.3) is 0 Å². The van der Waals surface area contributed by atoms with Crippen LogP contribution >= 0.6 is 0 Å². The van der Waals surface area contributed by atoms with E-state index in [0.717, 1.165) is 31.0 Å². The zero-order valence-corrected chi connectivity index (χ0v) is 11.0. The molecule has 98 valence electrons. The molecule has 2 N–H and O–H groups in total. The van der Waals surface area contributed by atoms with Crippen LogP contribution in [0.15, 0.2) is 18.7 Å². The van der Waals surface area contributed by atoms with Gasteiger partial charge in [0.2, 0.25) is 0 Å². The Morgan fingerprint density at radius 1 is 1.28 bits per heavy atom. The molecule has 0 aromatic carbocycles. The lowest BCUT2D eigenvalue weighted by molar-refractivity contribution is 0.561. The minimum absolute atomic E-state index is 0.162. The average molecular weight is 248 g/mol. The molecule has 0 radical (unpaired) electrons. The van der Waals surface area contributed by atoms with Gasteiger partial charge >= 0.3 is 0 Å². The molecule has 0 bridgehead atoms. The van der Waals surface area contributed by atoms with Crippen LogP contribution in [0.5, 0.6) is 0 Å². The Hall–Kier alpha value is -1.69. The fraction of sp³-hybridized carbons (Fsp3) is 0.583. The van der Waals surface area contributed by atoms with E-state index in [1.165, 1.54) is 0 Å². The summed E-state index contributed by atoms with van der Waals surface area (Å²) in [5, 5.41) is 4.17. The van der Waals surface area contributed by atoms with Crippen LogP contribution in [0.1, 0.15) is 31.9 Å². The Balaban J connectivity index is 2.12. The Kier molecular flexibility index (Phi) is 4.09. The Morgan fingerprint density at radius 3 is 2.83 bits per heavy atom. The summed E-state index contributed by atoms with van der Waals surface area (Å²) in [5.74, 6) is 1.96. The van der Waals surface area contributed by atoms with Crippen molar-refractivity contribution in [1.82, 2.24) is 24.3 Å². The molecule has 0 saturated carbocycles. The normalized spacial score (nSPS) is 12.8. The molecule has 0 saturated heterocycles. The van der Waals surface area contributed by atoms with Crippen LogP contribution in [0, 0.1) is 0 Å². The van der Waals surface area contributed by atoms with Gasteiger partial charge in [-0.25, -0.2) is 14.6 Å². The minimum atomic E-state index is 0.162. The fourth-order valence-corrected chi connectivity index (χ4v) is 1.88. The van der Waals surface area contributed by atoms with Gasteiger partial charge in [0.1, 0.15) is 18.0 Å². The molecular formula is C12H20N6. The number of hydrogen-bond acceptors (Lipinski definition) is 4. The lowest BCUT2D eigenvalue weighted by Gasteiger charge is -2.11. The molecule has 2 heterocycles. The van der Waals surface area contributed by atoms with Crippen LogP contribution in [0.25, 0.3) is 0 Å². The quantitative estimate of drug-likeness (QED) is 0.821. The van der Waals surface area contributed by atoms with Crippen LogP contribution in [0.3, 0.4) is 0 Å². The van der Waals surface area contributed by atoms with Crippen molar-refractivity contribution in [2.75, 3.05) is 0 Å². The second-order valence-electron chi connectivity index (χ2n) is 4.34. The molecule has 2 rings (SSSR count). The van der Waals surface area contributed by atoms with E-state index < -0.39 is 0 Å². The maximum absolute atomic E-state index is 5.98. The molecular weight excluding hydrogens is 228 g/mol. The first kappa shape index (κ1) is 12.8. The standard InChI is InChI=1S/C12H20N6/c1-3-10(13)7-11-14-5-6-17(11)8-12-15-9-16-18(12)4-2/h5-6,9-10H,3-4,7-8,13H2,1-2H3. The van der Waals surface area contributed by atoms with Crippen LogP contribution in [-0.4, -0.2) is 30.4 Å². The first-order chi connectivity index (χ1) is 8.74. The SMILES string of the molecule is CCC(N)Cc1nccn1Cc1ncnn1CC. The summed E-state index contributed by atoms with van der Waals surface area (Å²) in [5.41, 5.74) is 5.98. The number of aromatic nitrogens is 5. The lowest BCUT2D eigenvalue weighted by Crippen LogP contribution is -2.24. The summed E-state index contributed by atoms with van der Waals surface area (Å²) in [6.45, 7) is 5.67. The van der Waals surface area contributed by atoms with Crippen molar-refractivity contribution in [2.45, 2.75) is 45.8 Å². The van der Waals surface area contributed by atoms with Gasteiger partial charge in [0, 0.05) is 31.4 Å². The smallest absolute Gasteiger partial charge is 0.146 e. The van der Waals surface area contributed by atoms with Gasteiger partial charge in [0.05, 0.1) is 6.54 Å². The van der Waals surface area contributed by atoms with E-state index in [4.69, 9.17) is 5.73 Å². The number of hydrogen-bond donors (Lipinski definition) is 1. The second-order valence-corrected chi connectivity index (χ2v) is 4.34. The molecule has 18 heavy (non-hydrogen) atoms. The molecule has 2 aromatic rings. The van der Waals surface area contributed by atoms with E-state index >= 15 is 0 Å². The van der Waals surface area contributed by atoms with E-state index in [9.17, 15) is 0 Å². The van der Waals surface area contributed by atoms with Gasteiger partial charge in [-0.05, 0) is 13.3 Å². The first-order valence-corrected chi connectivity index (χ1v) is 6.36. The van der Waals surface area contributed by atoms with Crippen molar-refractivity contribution in [3.8, 4) is 0 Å². The third-order valence-corrected chi connectivity index (χ3v) is 3.08. The Labute approximate surface area is 107 Å². The highest BCUT2D eigenvalue weighted by molar-refractivity contribution is 4.99. The van der Waals surface area contributed by atoms with Gasteiger partial charge in [-0.15, -0.1) is 0 Å². The molecule has 0 spiro atoms. The van der Waals surface area contributed by atoms with Crippen LogP contribution in [-0.2, 0) is 19.5 Å². The maximum atomic E-state index is 5.98. The molecule has 6 heteroatoms. The van der Waals surface area contributed by atoms with Crippen molar-refractivity contribution in [3.05, 3.63) is 30.4 Å². The first-order valence-electron chi connectivity index (χ1n) is 6.36. The highest BCUT2D eigenvalue weighted by Gasteiger charge is 2.10. The van der Waals surface area contributed by atoms with Crippen LogP contribution < -0.4 is 5.73 Å². The van der Waals surface area contributed by atoms with Crippen molar-refractivity contribution in [1.29, 1.82) is 0 Å². The summed E-state index contributed by atoms with van der Waals surface area (Å²) in [6, 6.07) is 0.162. The molecule has 6 nitrogen and oxygen atoms in total. The predicted octanol–water partition coefficient (Wildman–Crippen LogP) is 0.823. The molecule has 2 aromatic heterocycles. The molecule has 0 aliphatic carbocycles. The van der Waals surface area contributed by atoms with E-state index in [-0.39, 0.29) is 6.04 Å². The third kappa shape index (κ3) is 2.76. The molecule has 0 fully saturated rings. The van der Waals surface area contributed by atoms with E-state index in [2.05, 4.69) is 33.5 Å². The average Bonchev–Trinajstić information content (AvgIpc) is 2.99. The highest BCUT2D eigenvalue weighted by Crippen LogP contribution is 2.06. The van der Waals surface area contributed by atoms with E-state index in [1.807, 2.05) is 17.1 Å². The number of aryl methyl sites for hydroxylation is 1. The number of nitrogens with zero attached hydrogens (tertiary/aromatic N) is 5. The van der Waals surface area contributed by atoms with Gasteiger partial charge in [-0.1, -0.05) is 6.92 Å². The van der Waals surface area contributed by atoms with E-state index in [1.54, 1.807) is 6.33 Å². The lowest BCUT2D eigenvalue weighted by atomic mass is 10.1. The fourth-order valence-electron chi connectivity index (χ4n) is 1.88. The summed E-state index contributed by atoms with van der Waals surface area (Å²) < 4.78 is 3.98. The molecule has 1 unspecified atom stereocenters. The Morgan fingerprint density at radius 2 is 2.11 bits per heavy atom. The monoisotopic (exact) mass is 248 g/mol. The number of imidazole rings is 1. The highest BCUT2D eigenvalue weighted by atomic mass is 15.3. The number of nitrogens with two attached hydrogens (primary N) is 1. The largest absolute Gasteiger partial charge is 0.327 e. The zero-order valence-electron chi connectivity index (χ0n) is 11.0. The van der Waals surface area contributed by atoms with Crippen LogP contribution in [0.4, 0.5) is 0 Å². The predicted molar refractivity (Wildman–Crippen MR) is 69.0 cm³/mol. The Bertz CT molecular complexity index is 486. The van der Waals surface area contributed by atoms with Gasteiger partial charge in [0.15, 0.2) is 0 Å². The zero-order chi connectivity index (χ0) is 13.0. The summed E-state index contributed by atoms with van der Waals surface area (Å²) >= 11 is 0. The molecule has 0 aliphatic heterocycles. The van der Waals surface area contributed by atoms with Crippen LogP contribution in [0.2, 0.25) is 0 Å². The van der Waals surface area contributed by atoms with Crippen molar-refractivity contribution in [2.24, 2.45) is 5.73 Å². The third-order valence-electron chi connectivity index (χ3n) is 3.08. The molecule has 1 atom stereocenters. The molecule has 0 aliphatic rings. The van der Waals surface area contributed by atoms with Crippen molar-refractivity contribution < 1.29 is 0 Å². The van der Waals surface area contributed by atoms with Gasteiger partial charge < -0.3 is 10.3 Å². The van der Waals surface area contributed by atoms with Gasteiger partial charge in [-0.3, -0.25) is 0 Å².